The van der Waals surface area contributed by atoms with Crippen LogP contribution in [0.3, 0.4) is 0 Å². The molecule has 4 nitrogen and oxygen atoms in total. The smallest absolute Gasteiger partial charge is 0.224 e. The Kier molecular flexibility index (Phi) is 3.87. The molecule has 148 valence electrons. The van der Waals surface area contributed by atoms with E-state index in [1.807, 2.05) is 36.4 Å². The van der Waals surface area contributed by atoms with Gasteiger partial charge in [-0.15, -0.1) is 11.3 Å². The van der Waals surface area contributed by atoms with E-state index in [2.05, 4.69) is 23.1 Å². The Labute approximate surface area is 174 Å². The van der Waals surface area contributed by atoms with Crippen LogP contribution >= 0.6 is 11.3 Å². The summed E-state index contributed by atoms with van der Waals surface area (Å²) >= 11 is 1.69. The molecule has 0 spiro atoms. The van der Waals surface area contributed by atoms with Crippen LogP contribution in [0, 0.1) is 5.92 Å². The summed E-state index contributed by atoms with van der Waals surface area (Å²) in [5, 5.41) is 11.7. The number of rotatable bonds is 4. The minimum Gasteiger partial charge on any atom is -0.390 e. The number of piperidine rings is 1. The molecular weight excluding hydrogens is 380 g/mol. The lowest BCUT2D eigenvalue weighted by molar-refractivity contribution is -0.139. The second kappa shape index (κ2) is 6.38. The van der Waals surface area contributed by atoms with Crippen molar-refractivity contribution >= 4 is 27.5 Å². The molecule has 2 saturated carbocycles. The largest absolute Gasteiger partial charge is 0.390 e. The van der Waals surface area contributed by atoms with E-state index in [0.29, 0.717) is 12.3 Å². The Morgan fingerprint density at radius 2 is 1.93 bits per heavy atom. The average Bonchev–Trinajstić information content (AvgIpc) is 3.32. The van der Waals surface area contributed by atoms with Crippen LogP contribution in [0.1, 0.15) is 48.6 Å². The molecular formula is C24H24N2O2S. The third-order valence-corrected chi connectivity index (χ3v) is 8.34. The third-order valence-electron chi connectivity index (χ3n) is 7.19. The normalized spacial score (nSPS) is 30.9. The lowest BCUT2D eigenvalue weighted by Crippen LogP contribution is -2.50. The highest BCUT2D eigenvalue weighted by atomic mass is 32.1. The van der Waals surface area contributed by atoms with Crippen LogP contribution in [0.25, 0.3) is 10.2 Å². The van der Waals surface area contributed by atoms with Crippen molar-refractivity contribution in [3.63, 3.8) is 0 Å². The molecule has 5 heteroatoms. The van der Waals surface area contributed by atoms with E-state index in [1.54, 1.807) is 11.3 Å². The van der Waals surface area contributed by atoms with E-state index >= 15 is 0 Å². The molecule has 5 unspecified atom stereocenters. The summed E-state index contributed by atoms with van der Waals surface area (Å²) in [7, 11) is 0. The second-order valence-electron chi connectivity index (χ2n) is 9.04. The molecule has 4 aliphatic rings. The fraction of sp³-hybridized carbons (Fsp3) is 0.417. The van der Waals surface area contributed by atoms with E-state index in [-0.39, 0.29) is 23.9 Å². The first kappa shape index (κ1) is 17.6. The number of para-hydroxylation sites is 1. The molecule has 2 saturated heterocycles. The van der Waals surface area contributed by atoms with Gasteiger partial charge >= 0.3 is 0 Å². The fourth-order valence-electron chi connectivity index (χ4n) is 6.09. The highest BCUT2D eigenvalue weighted by Crippen LogP contribution is 2.55. The lowest BCUT2D eigenvalue weighted by atomic mass is 9.83. The summed E-state index contributed by atoms with van der Waals surface area (Å²) in [6.45, 7) is 0. The molecule has 5 atom stereocenters. The van der Waals surface area contributed by atoms with Crippen LogP contribution in [-0.2, 0) is 4.79 Å². The monoisotopic (exact) mass is 404 g/mol. The van der Waals surface area contributed by atoms with Gasteiger partial charge in [0.05, 0.1) is 15.8 Å². The number of carbonyl (C=O) groups excluding carboxylic acids is 1. The fourth-order valence-corrected chi connectivity index (χ4v) is 7.19. The molecule has 7 rings (SSSR count). The zero-order valence-corrected chi connectivity index (χ0v) is 17.0. The minimum atomic E-state index is -0.513. The van der Waals surface area contributed by atoms with E-state index in [1.165, 1.54) is 0 Å². The van der Waals surface area contributed by atoms with Gasteiger partial charge in [0, 0.05) is 24.4 Å². The third kappa shape index (κ3) is 2.82. The molecule has 3 heterocycles. The highest BCUT2D eigenvalue weighted by molar-refractivity contribution is 7.18. The Bertz CT molecular complexity index is 1040. The van der Waals surface area contributed by atoms with Crippen molar-refractivity contribution in [2.24, 2.45) is 5.92 Å². The van der Waals surface area contributed by atoms with Gasteiger partial charge in [0.15, 0.2) is 0 Å². The Morgan fingerprint density at radius 1 is 1.14 bits per heavy atom. The highest BCUT2D eigenvalue weighted by Gasteiger charge is 2.60. The molecule has 2 aliphatic heterocycles. The zero-order chi connectivity index (χ0) is 19.6. The van der Waals surface area contributed by atoms with E-state index < -0.39 is 5.60 Å². The first-order valence-electron chi connectivity index (χ1n) is 10.5. The van der Waals surface area contributed by atoms with Gasteiger partial charge < -0.3 is 10.0 Å². The van der Waals surface area contributed by atoms with Gasteiger partial charge in [-0.05, 0) is 49.3 Å². The molecule has 4 bridgehead atoms. The van der Waals surface area contributed by atoms with Crippen LogP contribution in [0.5, 0.6) is 0 Å². The Balaban J connectivity index is 1.33. The number of nitrogens with zero attached hydrogens (tertiary/aromatic N) is 2. The molecule has 2 aliphatic carbocycles. The maximum atomic E-state index is 13.5. The van der Waals surface area contributed by atoms with Gasteiger partial charge in [-0.25, -0.2) is 4.98 Å². The maximum absolute atomic E-state index is 13.5. The molecule has 3 aromatic rings. The predicted molar refractivity (Wildman–Crippen MR) is 114 cm³/mol. The average molecular weight is 405 g/mol. The van der Waals surface area contributed by atoms with Crippen molar-refractivity contribution in [3.8, 4) is 0 Å². The molecule has 1 aromatic heterocycles. The molecule has 29 heavy (non-hydrogen) atoms. The molecule has 1 amide bonds. The molecule has 1 N–H and O–H groups in total. The Morgan fingerprint density at radius 3 is 2.72 bits per heavy atom. The lowest BCUT2D eigenvalue weighted by Gasteiger charge is -2.41. The SMILES string of the molecule is O=C(CC(c1ccccc1)c1nc2ccccc2s1)N1C2CC3CC(O)(C2)CC31. The number of aromatic nitrogens is 1. The minimum absolute atomic E-state index is 0.0273. The number of benzene rings is 2. The number of fused-ring (bicyclic) bond motifs is 1. The summed E-state index contributed by atoms with van der Waals surface area (Å²) in [5.74, 6) is 0.681. The summed E-state index contributed by atoms with van der Waals surface area (Å²) < 4.78 is 1.16. The first-order chi connectivity index (χ1) is 14.1. The second-order valence-corrected chi connectivity index (χ2v) is 10.1. The van der Waals surface area contributed by atoms with Gasteiger partial charge in [0.25, 0.3) is 0 Å². The van der Waals surface area contributed by atoms with Crippen molar-refractivity contribution in [1.29, 1.82) is 0 Å². The molecule has 0 radical (unpaired) electrons. The zero-order valence-electron chi connectivity index (χ0n) is 16.2. The summed E-state index contributed by atoms with van der Waals surface area (Å²) in [5.41, 5.74) is 1.63. The van der Waals surface area contributed by atoms with Gasteiger partial charge in [-0.3, -0.25) is 4.79 Å². The number of carbonyl (C=O) groups is 1. The van der Waals surface area contributed by atoms with E-state index in [4.69, 9.17) is 4.98 Å². The van der Waals surface area contributed by atoms with Crippen LogP contribution in [0.15, 0.2) is 54.6 Å². The first-order valence-corrected chi connectivity index (χ1v) is 11.4. The van der Waals surface area contributed by atoms with Crippen molar-refractivity contribution in [3.05, 3.63) is 65.2 Å². The van der Waals surface area contributed by atoms with Crippen molar-refractivity contribution in [1.82, 2.24) is 9.88 Å². The number of thiazole rings is 1. The van der Waals surface area contributed by atoms with Crippen LogP contribution < -0.4 is 0 Å². The van der Waals surface area contributed by atoms with Crippen LogP contribution in [0.2, 0.25) is 0 Å². The molecule has 4 fully saturated rings. The predicted octanol–water partition coefficient (Wildman–Crippen LogP) is 4.33. The number of hydrogen-bond acceptors (Lipinski definition) is 4. The van der Waals surface area contributed by atoms with Gasteiger partial charge in [0.1, 0.15) is 5.01 Å². The quantitative estimate of drug-likeness (QED) is 0.704. The van der Waals surface area contributed by atoms with Crippen molar-refractivity contribution in [2.45, 2.75) is 55.7 Å². The number of amides is 1. The van der Waals surface area contributed by atoms with Crippen molar-refractivity contribution < 1.29 is 9.90 Å². The number of hydrogen-bond donors (Lipinski definition) is 1. The summed E-state index contributed by atoms with van der Waals surface area (Å²) in [6, 6.07) is 18.9. The maximum Gasteiger partial charge on any atom is 0.224 e. The summed E-state index contributed by atoms with van der Waals surface area (Å²) in [6.07, 6.45) is 3.90. The van der Waals surface area contributed by atoms with E-state index in [0.717, 1.165) is 46.5 Å². The molecule has 2 aromatic carbocycles. The van der Waals surface area contributed by atoms with Gasteiger partial charge in [-0.2, -0.15) is 0 Å². The number of aliphatic hydroxyl groups is 1. The topological polar surface area (TPSA) is 53.4 Å². The van der Waals surface area contributed by atoms with Crippen molar-refractivity contribution in [2.75, 3.05) is 0 Å². The standard InChI is InChI=1S/C24H24N2O2S/c27-22(26-17-10-16-12-24(28,13-17)14-20(16)26)11-18(15-6-2-1-3-7-15)23-25-19-8-4-5-9-21(19)29-23/h1-9,16-18,20,28H,10-14H2. The van der Waals surface area contributed by atoms with Crippen LogP contribution in [0.4, 0.5) is 0 Å². The Hall–Kier alpha value is -2.24. The van der Waals surface area contributed by atoms with E-state index in [9.17, 15) is 9.90 Å². The van der Waals surface area contributed by atoms with Gasteiger partial charge in [-0.1, -0.05) is 42.5 Å². The summed E-state index contributed by atoms with van der Waals surface area (Å²) in [4.78, 5) is 20.5. The van der Waals surface area contributed by atoms with Gasteiger partial charge in [0.2, 0.25) is 5.91 Å². The van der Waals surface area contributed by atoms with Crippen LogP contribution in [-0.4, -0.2) is 38.6 Å².